The number of alkyl carbamates (subject to hydrolysis) is 1. The van der Waals surface area contributed by atoms with Crippen LogP contribution in [0.4, 0.5) is 4.79 Å². The van der Waals surface area contributed by atoms with Crippen molar-refractivity contribution < 1.29 is 9.53 Å². The van der Waals surface area contributed by atoms with E-state index in [1.807, 2.05) is 32.9 Å². The third-order valence-electron chi connectivity index (χ3n) is 2.90. The van der Waals surface area contributed by atoms with E-state index in [2.05, 4.69) is 36.6 Å². The first-order chi connectivity index (χ1) is 9.29. The summed E-state index contributed by atoms with van der Waals surface area (Å²) < 4.78 is 5.17. The summed E-state index contributed by atoms with van der Waals surface area (Å²) in [5.74, 6) is 0. The highest BCUT2D eigenvalue weighted by molar-refractivity contribution is 5.67. The van der Waals surface area contributed by atoms with Crippen LogP contribution in [0.5, 0.6) is 0 Å². The van der Waals surface area contributed by atoms with Gasteiger partial charge in [-0.1, -0.05) is 24.3 Å². The lowest BCUT2D eigenvalue weighted by atomic mass is 10.0. The van der Waals surface area contributed by atoms with Crippen molar-refractivity contribution in [1.29, 1.82) is 0 Å². The first kappa shape index (κ1) is 16.5. The molecule has 0 aliphatic heterocycles. The van der Waals surface area contributed by atoms with Gasteiger partial charge in [0.25, 0.3) is 0 Å². The van der Waals surface area contributed by atoms with Crippen LogP contribution in [-0.2, 0) is 4.74 Å². The molecule has 0 heterocycles. The Hall–Kier alpha value is -1.55. The van der Waals surface area contributed by atoms with Gasteiger partial charge in [-0.2, -0.15) is 0 Å². The minimum Gasteiger partial charge on any atom is -0.444 e. The van der Waals surface area contributed by atoms with Crippen molar-refractivity contribution in [2.24, 2.45) is 0 Å². The number of aryl methyl sites for hydroxylation is 1. The maximum absolute atomic E-state index is 11.5. The van der Waals surface area contributed by atoms with Crippen molar-refractivity contribution in [3.8, 4) is 0 Å². The molecule has 0 spiro atoms. The Bertz CT molecular complexity index is 438. The van der Waals surface area contributed by atoms with Crippen LogP contribution < -0.4 is 10.6 Å². The van der Waals surface area contributed by atoms with Crippen molar-refractivity contribution in [2.75, 3.05) is 13.1 Å². The fourth-order valence-electron chi connectivity index (χ4n) is 1.95. The summed E-state index contributed by atoms with van der Waals surface area (Å²) in [4.78, 5) is 11.5. The molecule has 1 unspecified atom stereocenters. The summed E-state index contributed by atoms with van der Waals surface area (Å²) in [6.07, 6.45) is -0.372. The molecule has 0 aromatic heterocycles. The molecule has 20 heavy (non-hydrogen) atoms. The normalized spacial score (nSPS) is 12.8. The SMILES string of the molecule is Cc1ccccc1C(C)NCCNC(=O)OC(C)(C)C. The van der Waals surface area contributed by atoms with Crippen LogP contribution in [0.25, 0.3) is 0 Å². The Kier molecular flexibility index (Phi) is 6.02. The lowest BCUT2D eigenvalue weighted by Crippen LogP contribution is -2.37. The number of ether oxygens (including phenoxy) is 1. The minimum absolute atomic E-state index is 0.261. The number of nitrogens with one attached hydrogen (secondary N) is 2. The molecule has 1 aromatic rings. The number of carbonyl (C=O) groups is 1. The highest BCUT2D eigenvalue weighted by Gasteiger charge is 2.15. The first-order valence-corrected chi connectivity index (χ1v) is 7.05. The number of benzene rings is 1. The van der Waals surface area contributed by atoms with Crippen LogP contribution in [0.15, 0.2) is 24.3 Å². The third kappa shape index (κ3) is 6.06. The molecule has 0 bridgehead atoms. The van der Waals surface area contributed by atoms with Crippen molar-refractivity contribution >= 4 is 6.09 Å². The van der Waals surface area contributed by atoms with E-state index in [1.54, 1.807) is 0 Å². The number of hydrogen-bond donors (Lipinski definition) is 2. The molecule has 4 heteroatoms. The molecule has 1 aromatic carbocycles. The highest BCUT2D eigenvalue weighted by Crippen LogP contribution is 2.16. The van der Waals surface area contributed by atoms with Gasteiger partial charge in [0.1, 0.15) is 5.60 Å². The maximum Gasteiger partial charge on any atom is 0.407 e. The van der Waals surface area contributed by atoms with Crippen molar-refractivity contribution in [2.45, 2.75) is 46.3 Å². The molecule has 112 valence electrons. The Morgan fingerprint density at radius 1 is 1.25 bits per heavy atom. The molecule has 0 radical (unpaired) electrons. The summed E-state index contributed by atoms with van der Waals surface area (Å²) in [6, 6.07) is 8.56. The third-order valence-corrected chi connectivity index (χ3v) is 2.90. The van der Waals surface area contributed by atoms with E-state index in [-0.39, 0.29) is 12.1 Å². The summed E-state index contributed by atoms with van der Waals surface area (Å²) >= 11 is 0. The van der Waals surface area contributed by atoms with E-state index < -0.39 is 5.60 Å². The summed E-state index contributed by atoms with van der Waals surface area (Å²) in [5, 5.41) is 6.12. The van der Waals surface area contributed by atoms with Gasteiger partial charge in [-0.05, 0) is 45.7 Å². The minimum atomic E-state index is -0.452. The summed E-state index contributed by atoms with van der Waals surface area (Å²) in [7, 11) is 0. The van der Waals surface area contributed by atoms with E-state index >= 15 is 0 Å². The fraction of sp³-hybridized carbons (Fsp3) is 0.562. The van der Waals surface area contributed by atoms with Crippen molar-refractivity contribution in [3.63, 3.8) is 0 Å². The van der Waals surface area contributed by atoms with Crippen LogP contribution in [0.1, 0.15) is 44.9 Å². The number of amides is 1. The second-order valence-corrected chi connectivity index (χ2v) is 5.96. The van der Waals surface area contributed by atoms with Crippen LogP contribution in [0.2, 0.25) is 0 Å². The zero-order chi connectivity index (χ0) is 15.2. The fourth-order valence-corrected chi connectivity index (χ4v) is 1.95. The van der Waals surface area contributed by atoms with Gasteiger partial charge in [-0.15, -0.1) is 0 Å². The van der Waals surface area contributed by atoms with Gasteiger partial charge in [0, 0.05) is 19.1 Å². The van der Waals surface area contributed by atoms with Crippen molar-refractivity contribution in [1.82, 2.24) is 10.6 Å². The van der Waals surface area contributed by atoms with Gasteiger partial charge < -0.3 is 15.4 Å². The molecule has 2 N–H and O–H groups in total. The van der Waals surface area contributed by atoms with Crippen LogP contribution in [0, 0.1) is 6.92 Å². The van der Waals surface area contributed by atoms with Gasteiger partial charge in [-0.25, -0.2) is 4.79 Å². The monoisotopic (exact) mass is 278 g/mol. The zero-order valence-corrected chi connectivity index (χ0v) is 13.1. The molecule has 0 aliphatic rings. The van der Waals surface area contributed by atoms with E-state index in [4.69, 9.17) is 4.74 Å². The lowest BCUT2D eigenvalue weighted by molar-refractivity contribution is 0.0528. The predicted octanol–water partition coefficient (Wildman–Crippen LogP) is 3.17. The topological polar surface area (TPSA) is 50.4 Å². The predicted molar refractivity (Wildman–Crippen MR) is 81.8 cm³/mol. The molecule has 0 saturated heterocycles. The van der Waals surface area contributed by atoms with Gasteiger partial charge in [0.15, 0.2) is 0 Å². The Labute approximate surface area is 121 Å². The molecule has 0 fully saturated rings. The molecule has 1 rings (SSSR count). The second-order valence-electron chi connectivity index (χ2n) is 5.96. The van der Waals surface area contributed by atoms with Gasteiger partial charge >= 0.3 is 6.09 Å². The smallest absolute Gasteiger partial charge is 0.407 e. The Balaban J connectivity index is 2.28. The number of hydrogen-bond acceptors (Lipinski definition) is 3. The van der Waals surface area contributed by atoms with Crippen LogP contribution in [-0.4, -0.2) is 24.8 Å². The average molecular weight is 278 g/mol. The molecule has 1 amide bonds. The molecular weight excluding hydrogens is 252 g/mol. The quantitative estimate of drug-likeness (QED) is 0.813. The molecule has 4 nitrogen and oxygen atoms in total. The Morgan fingerprint density at radius 2 is 1.90 bits per heavy atom. The average Bonchev–Trinajstić information content (AvgIpc) is 2.33. The van der Waals surface area contributed by atoms with Crippen LogP contribution >= 0.6 is 0 Å². The zero-order valence-electron chi connectivity index (χ0n) is 13.1. The van der Waals surface area contributed by atoms with E-state index in [0.29, 0.717) is 13.1 Å². The van der Waals surface area contributed by atoms with E-state index in [0.717, 1.165) is 0 Å². The summed E-state index contributed by atoms with van der Waals surface area (Å²) in [5.41, 5.74) is 2.10. The molecule has 0 aliphatic carbocycles. The largest absolute Gasteiger partial charge is 0.444 e. The van der Waals surface area contributed by atoms with Crippen LogP contribution in [0.3, 0.4) is 0 Å². The summed E-state index contributed by atoms with van der Waals surface area (Å²) in [6.45, 7) is 11.0. The van der Waals surface area contributed by atoms with Crippen molar-refractivity contribution in [3.05, 3.63) is 35.4 Å². The highest BCUT2D eigenvalue weighted by atomic mass is 16.6. The maximum atomic E-state index is 11.5. The van der Waals surface area contributed by atoms with Gasteiger partial charge in [0.05, 0.1) is 0 Å². The second kappa shape index (κ2) is 7.29. The standard InChI is InChI=1S/C16H26N2O2/c1-12-8-6-7-9-14(12)13(2)17-10-11-18-15(19)20-16(3,4)5/h6-9,13,17H,10-11H2,1-5H3,(H,18,19). The van der Waals surface area contributed by atoms with E-state index in [1.165, 1.54) is 11.1 Å². The molecule has 0 saturated carbocycles. The number of carbonyl (C=O) groups excluding carboxylic acids is 1. The van der Waals surface area contributed by atoms with Gasteiger partial charge in [0.2, 0.25) is 0 Å². The molecule has 1 atom stereocenters. The molecular formula is C16H26N2O2. The Morgan fingerprint density at radius 3 is 2.50 bits per heavy atom. The number of rotatable bonds is 5. The van der Waals surface area contributed by atoms with Gasteiger partial charge in [-0.3, -0.25) is 0 Å². The van der Waals surface area contributed by atoms with E-state index in [9.17, 15) is 4.79 Å². The first-order valence-electron chi connectivity index (χ1n) is 7.05. The lowest BCUT2D eigenvalue weighted by Gasteiger charge is -2.20.